The molecule has 5 heteroatoms. The Bertz CT molecular complexity index is 421. The SMILES string of the molecule is CCC(Br)C(=O)NCc1cccc(C(N)=O)c1. The number of amides is 2. The lowest BCUT2D eigenvalue weighted by atomic mass is 10.1. The van der Waals surface area contributed by atoms with Gasteiger partial charge >= 0.3 is 0 Å². The molecule has 1 unspecified atom stereocenters. The molecule has 92 valence electrons. The standard InChI is InChI=1S/C12H15BrN2O2/c1-2-10(13)12(17)15-7-8-4-3-5-9(6-8)11(14)16/h3-6,10H,2,7H2,1H3,(H2,14,16)(H,15,17). The lowest BCUT2D eigenvalue weighted by Gasteiger charge is -2.09. The summed E-state index contributed by atoms with van der Waals surface area (Å²) in [5.41, 5.74) is 6.47. The molecule has 0 aliphatic rings. The zero-order valence-electron chi connectivity index (χ0n) is 9.57. The summed E-state index contributed by atoms with van der Waals surface area (Å²) >= 11 is 3.27. The van der Waals surface area contributed by atoms with Crippen molar-refractivity contribution in [2.24, 2.45) is 5.73 Å². The van der Waals surface area contributed by atoms with E-state index in [2.05, 4.69) is 21.2 Å². The van der Waals surface area contributed by atoms with Gasteiger partial charge in [0, 0.05) is 12.1 Å². The molecule has 1 aromatic carbocycles. The summed E-state index contributed by atoms with van der Waals surface area (Å²) in [4.78, 5) is 22.3. The monoisotopic (exact) mass is 298 g/mol. The smallest absolute Gasteiger partial charge is 0.248 e. The van der Waals surface area contributed by atoms with E-state index in [1.807, 2.05) is 13.0 Å². The molecule has 0 heterocycles. The van der Waals surface area contributed by atoms with Crippen molar-refractivity contribution < 1.29 is 9.59 Å². The summed E-state index contributed by atoms with van der Waals surface area (Å²) in [5, 5.41) is 2.78. The van der Waals surface area contributed by atoms with E-state index in [1.165, 1.54) is 0 Å². The number of rotatable bonds is 5. The van der Waals surface area contributed by atoms with Gasteiger partial charge in [0.15, 0.2) is 0 Å². The molecule has 4 nitrogen and oxygen atoms in total. The van der Waals surface area contributed by atoms with Crippen molar-refractivity contribution in [3.05, 3.63) is 35.4 Å². The Morgan fingerprint density at radius 3 is 2.76 bits per heavy atom. The van der Waals surface area contributed by atoms with E-state index in [0.717, 1.165) is 12.0 Å². The van der Waals surface area contributed by atoms with Gasteiger partial charge in [-0.3, -0.25) is 9.59 Å². The Balaban J connectivity index is 2.60. The molecule has 0 radical (unpaired) electrons. The molecular weight excluding hydrogens is 284 g/mol. The van der Waals surface area contributed by atoms with Crippen molar-refractivity contribution in [1.82, 2.24) is 5.32 Å². The van der Waals surface area contributed by atoms with Crippen molar-refractivity contribution >= 4 is 27.7 Å². The van der Waals surface area contributed by atoms with Crippen molar-refractivity contribution in [2.45, 2.75) is 24.7 Å². The molecule has 0 fully saturated rings. The first kappa shape index (κ1) is 13.7. The third kappa shape index (κ3) is 4.19. The van der Waals surface area contributed by atoms with Gasteiger partial charge in [-0.25, -0.2) is 0 Å². The molecule has 0 aliphatic carbocycles. The molecule has 1 aromatic rings. The summed E-state index contributed by atoms with van der Waals surface area (Å²) in [6.07, 6.45) is 0.729. The van der Waals surface area contributed by atoms with Crippen LogP contribution in [-0.2, 0) is 11.3 Å². The average molecular weight is 299 g/mol. The zero-order chi connectivity index (χ0) is 12.8. The predicted molar refractivity (Wildman–Crippen MR) is 69.8 cm³/mol. The number of benzene rings is 1. The number of alkyl halides is 1. The number of hydrogen-bond donors (Lipinski definition) is 2. The second-order valence-corrected chi connectivity index (χ2v) is 4.76. The van der Waals surface area contributed by atoms with E-state index in [0.29, 0.717) is 12.1 Å². The largest absolute Gasteiger partial charge is 0.366 e. The number of halogens is 1. The van der Waals surface area contributed by atoms with Gasteiger partial charge in [-0.1, -0.05) is 35.0 Å². The third-order valence-electron chi connectivity index (χ3n) is 2.32. The van der Waals surface area contributed by atoms with Gasteiger partial charge in [-0.15, -0.1) is 0 Å². The van der Waals surface area contributed by atoms with E-state index >= 15 is 0 Å². The first-order valence-corrected chi connectivity index (χ1v) is 6.26. The fourth-order valence-corrected chi connectivity index (χ4v) is 1.48. The van der Waals surface area contributed by atoms with Crippen LogP contribution in [0.15, 0.2) is 24.3 Å². The van der Waals surface area contributed by atoms with Crippen LogP contribution in [-0.4, -0.2) is 16.6 Å². The van der Waals surface area contributed by atoms with Gasteiger partial charge < -0.3 is 11.1 Å². The van der Waals surface area contributed by atoms with E-state index in [-0.39, 0.29) is 10.7 Å². The fraction of sp³-hybridized carbons (Fsp3) is 0.333. The molecular formula is C12H15BrN2O2. The third-order valence-corrected chi connectivity index (χ3v) is 3.38. The fourth-order valence-electron chi connectivity index (χ4n) is 1.32. The molecule has 0 saturated carbocycles. The van der Waals surface area contributed by atoms with Crippen LogP contribution in [0.3, 0.4) is 0 Å². The van der Waals surface area contributed by atoms with Gasteiger partial charge in [-0.05, 0) is 24.1 Å². The molecule has 0 aliphatic heterocycles. The van der Waals surface area contributed by atoms with Crippen molar-refractivity contribution in [3.8, 4) is 0 Å². The Kier molecular flexibility index (Phi) is 5.15. The molecule has 0 aromatic heterocycles. The maximum atomic E-state index is 11.5. The normalized spacial score (nSPS) is 11.9. The van der Waals surface area contributed by atoms with E-state index in [9.17, 15) is 9.59 Å². The van der Waals surface area contributed by atoms with Crippen LogP contribution < -0.4 is 11.1 Å². The number of carbonyl (C=O) groups excluding carboxylic acids is 2. The van der Waals surface area contributed by atoms with Crippen LogP contribution in [0.1, 0.15) is 29.3 Å². The van der Waals surface area contributed by atoms with Crippen LogP contribution in [0.25, 0.3) is 0 Å². The minimum atomic E-state index is -0.467. The number of nitrogens with two attached hydrogens (primary N) is 1. The highest BCUT2D eigenvalue weighted by atomic mass is 79.9. The first-order valence-electron chi connectivity index (χ1n) is 5.35. The Morgan fingerprint density at radius 2 is 2.18 bits per heavy atom. The summed E-state index contributed by atoms with van der Waals surface area (Å²) in [6, 6.07) is 6.90. The van der Waals surface area contributed by atoms with Gasteiger partial charge in [0.05, 0.1) is 4.83 Å². The Labute approximate surface area is 109 Å². The zero-order valence-corrected chi connectivity index (χ0v) is 11.2. The number of primary amides is 1. The maximum absolute atomic E-state index is 11.5. The van der Waals surface area contributed by atoms with Gasteiger partial charge in [0.2, 0.25) is 11.8 Å². The van der Waals surface area contributed by atoms with Gasteiger partial charge in [0.25, 0.3) is 0 Å². The molecule has 1 rings (SSSR count). The molecule has 2 amide bonds. The van der Waals surface area contributed by atoms with Crippen LogP contribution in [0, 0.1) is 0 Å². The van der Waals surface area contributed by atoms with E-state index < -0.39 is 5.91 Å². The molecule has 3 N–H and O–H groups in total. The highest BCUT2D eigenvalue weighted by Crippen LogP contribution is 2.07. The Hall–Kier alpha value is -1.36. The summed E-state index contributed by atoms with van der Waals surface area (Å²) < 4.78 is 0. The van der Waals surface area contributed by atoms with Gasteiger partial charge in [0.1, 0.15) is 0 Å². The van der Waals surface area contributed by atoms with E-state index in [1.54, 1.807) is 18.2 Å². The van der Waals surface area contributed by atoms with Crippen LogP contribution >= 0.6 is 15.9 Å². The van der Waals surface area contributed by atoms with Gasteiger partial charge in [-0.2, -0.15) is 0 Å². The first-order chi connectivity index (χ1) is 8.04. The molecule has 17 heavy (non-hydrogen) atoms. The van der Waals surface area contributed by atoms with Crippen molar-refractivity contribution in [1.29, 1.82) is 0 Å². The van der Waals surface area contributed by atoms with Crippen LogP contribution in [0.4, 0.5) is 0 Å². The minimum Gasteiger partial charge on any atom is -0.366 e. The van der Waals surface area contributed by atoms with Crippen LogP contribution in [0.2, 0.25) is 0 Å². The molecule has 0 saturated heterocycles. The van der Waals surface area contributed by atoms with Crippen LogP contribution in [0.5, 0.6) is 0 Å². The lowest BCUT2D eigenvalue weighted by Crippen LogP contribution is -2.30. The quantitative estimate of drug-likeness (QED) is 0.810. The molecule has 0 bridgehead atoms. The minimum absolute atomic E-state index is 0.0584. The second kappa shape index (κ2) is 6.39. The second-order valence-electron chi connectivity index (χ2n) is 3.66. The van der Waals surface area contributed by atoms with E-state index in [4.69, 9.17) is 5.73 Å². The van der Waals surface area contributed by atoms with Crippen molar-refractivity contribution in [3.63, 3.8) is 0 Å². The highest BCUT2D eigenvalue weighted by Gasteiger charge is 2.11. The lowest BCUT2D eigenvalue weighted by molar-refractivity contribution is -0.120. The summed E-state index contributed by atoms with van der Waals surface area (Å²) in [7, 11) is 0. The topological polar surface area (TPSA) is 72.2 Å². The maximum Gasteiger partial charge on any atom is 0.248 e. The average Bonchev–Trinajstić information content (AvgIpc) is 2.35. The predicted octanol–water partition coefficient (Wildman–Crippen LogP) is 1.58. The Morgan fingerprint density at radius 1 is 1.47 bits per heavy atom. The molecule has 1 atom stereocenters. The number of hydrogen-bond acceptors (Lipinski definition) is 2. The highest BCUT2D eigenvalue weighted by molar-refractivity contribution is 9.10. The molecule has 0 spiro atoms. The summed E-state index contributed by atoms with van der Waals surface area (Å²) in [6.45, 7) is 2.31. The summed E-state index contributed by atoms with van der Waals surface area (Å²) in [5.74, 6) is -0.526. The number of carbonyl (C=O) groups is 2. The van der Waals surface area contributed by atoms with Crippen molar-refractivity contribution in [2.75, 3.05) is 0 Å². The number of nitrogens with one attached hydrogen (secondary N) is 1.